The van der Waals surface area contributed by atoms with Gasteiger partial charge in [0.25, 0.3) is 5.91 Å². The van der Waals surface area contributed by atoms with E-state index in [4.69, 9.17) is 11.5 Å². The molecule has 4 heteroatoms. The van der Waals surface area contributed by atoms with Gasteiger partial charge in [-0.05, 0) is 19.1 Å². The highest BCUT2D eigenvalue weighted by atomic mass is 16.1. The van der Waals surface area contributed by atoms with Gasteiger partial charge in [-0.2, -0.15) is 0 Å². The van der Waals surface area contributed by atoms with Gasteiger partial charge >= 0.3 is 0 Å². The second-order valence-corrected chi connectivity index (χ2v) is 2.59. The Bertz CT molecular complexity index is 296. The van der Waals surface area contributed by atoms with Crippen LogP contribution in [0.25, 0.3) is 0 Å². The van der Waals surface area contributed by atoms with Crippen LogP contribution in [0.1, 0.15) is 29.0 Å². The summed E-state index contributed by atoms with van der Waals surface area (Å²) in [5.74, 6) is -0.490. The lowest BCUT2D eigenvalue weighted by Gasteiger charge is -2.07. The highest BCUT2D eigenvalue weighted by Gasteiger charge is 2.11. The molecule has 0 spiro atoms. The van der Waals surface area contributed by atoms with Gasteiger partial charge in [0.2, 0.25) is 0 Å². The number of aromatic nitrogens is 1. The van der Waals surface area contributed by atoms with Gasteiger partial charge in [-0.3, -0.25) is 9.78 Å². The van der Waals surface area contributed by atoms with Crippen molar-refractivity contribution in [1.29, 1.82) is 0 Å². The van der Waals surface area contributed by atoms with Gasteiger partial charge in [0, 0.05) is 12.2 Å². The molecule has 0 aliphatic heterocycles. The van der Waals surface area contributed by atoms with Gasteiger partial charge in [0.15, 0.2) is 0 Å². The number of hydrogen-bond acceptors (Lipinski definition) is 3. The maximum atomic E-state index is 10.9. The predicted octanol–water partition coefficient (Wildman–Crippen LogP) is 0.200. The Morgan fingerprint density at radius 2 is 2.33 bits per heavy atom. The molecular weight excluding hydrogens is 154 g/mol. The fraction of sp³-hybridized carbons (Fsp3) is 0.250. The SMILES string of the molecule is CC(N)c1ncccc1C(N)=O. The van der Waals surface area contributed by atoms with Crippen LogP contribution in [0.4, 0.5) is 0 Å². The van der Waals surface area contributed by atoms with Crippen LogP contribution < -0.4 is 11.5 Å². The number of primary amides is 1. The normalized spacial score (nSPS) is 12.5. The summed E-state index contributed by atoms with van der Waals surface area (Å²) < 4.78 is 0. The Morgan fingerprint density at radius 1 is 1.67 bits per heavy atom. The third kappa shape index (κ3) is 1.60. The lowest BCUT2D eigenvalue weighted by Crippen LogP contribution is -2.18. The molecule has 1 aromatic heterocycles. The molecule has 0 bridgehead atoms. The molecule has 12 heavy (non-hydrogen) atoms. The molecular formula is C8H11N3O. The highest BCUT2D eigenvalue weighted by Crippen LogP contribution is 2.11. The second kappa shape index (κ2) is 3.32. The molecule has 0 fully saturated rings. The zero-order chi connectivity index (χ0) is 9.14. The Morgan fingerprint density at radius 3 is 2.75 bits per heavy atom. The van der Waals surface area contributed by atoms with E-state index in [1.165, 1.54) is 0 Å². The lowest BCUT2D eigenvalue weighted by atomic mass is 10.1. The molecule has 1 unspecified atom stereocenters. The first kappa shape index (κ1) is 8.67. The zero-order valence-corrected chi connectivity index (χ0v) is 6.82. The smallest absolute Gasteiger partial charge is 0.250 e. The van der Waals surface area contributed by atoms with Crippen molar-refractivity contribution in [3.05, 3.63) is 29.6 Å². The average Bonchev–Trinajstić information content (AvgIpc) is 2.04. The molecule has 4 N–H and O–H groups in total. The van der Waals surface area contributed by atoms with Crippen LogP contribution in [0.3, 0.4) is 0 Å². The van der Waals surface area contributed by atoms with E-state index >= 15 is 0 Å². The van der Waals surface area contributed by atoms with Crippen molar-refractivity contribution in [1.82, 2.24) is 4.98 Å². The first-order valence-electron chi connectivity index (χ1n) is 3.63. The summed E-state index contributed by atoms with van der Waals surface area (Å²) in [6.07, 6.45) is 1.59. The quantitative estimate of drug-likeness (QED) is 0.656. The Balaban J connectivity index is 3.17. The van der Waals surface area contributed by atoms with Gasteiger partial charge in [-0.25, -0.2) is 0 Å². The van der Waals surface area contributed by atoms with Crippen LogP contribution in [0, 0.1) is 0 Å². The van der Waals surface area contributed by atoms with Crippen LogP contribution in [0.2, 0.25) is 0 Å². The summed E-state index contributed by atoms with van der Waals surface area (Å²) >= 11 is 0. The van der Waals surface area contributed by atoms with Crippen molar-refractivity contribution in [2.24, 2.45) is 11.5 Å². The number of amides is 1. The van der Waals surface area contributed by atoms with Crippen molar-refractivity contribution in [2.45, 2.75) is 13.0 Å². The standard InChI is InChI=1S/C8H11N3O/c1-5(9)7-6(8(10)12)3-2-4-11-7/h2-5H,9H2,1H3,(H2,10,12). The minimum atomic E-state index is -0.490. The van der Waals surface area contributed by atoms with Crippen LogP contribution in [0.5, 0.6) is 0 Å². The first-order valence-corrected chi connectivity index (χ1v) is 3.63. The molecule has 0 radical (unpaired) electrons. The van der Waals surface area contributed by atoms with Gasteiger partial charge in [-0.15, -0.1) is 0 Å². The largest absolute Gasteiger partial charge is 0.366 e. The van der Waals surface area contributed by atoms with E-state index in [2.05, 4.69) is 4.98 Å². The summed E-state index contributed by atoms with van der Waals surface area (Å²) in [4.78, 5) is 14.8. The summed E-state index contributed by atoms with van der Waals surface area (Å²) in [5.41, 5.74) is 11.6. The molecule has 1 atom stereocenters. The highest BCUT2D eigenvalue weighted by molar-refractivity contribution is 5.93. The molecule has 0 saturated carbocycles. The second-order valence-electron chi connectivity index (χ2n) is 2.59. The molecule has 0 saturated heterocycles. The van der Waals surface area contributed by atoms with Gasteiger partial charge in [0.05, 0.1) is 11.3 Å². The van der Waals surface area contributed by atoms with Crippen molar-refractivity contribution < 1.29 is 4.79 Å². The van der Waals surface area contributed by atoms with Crippen LogP contribution >= 0.6 is 0 Å². The molecule has 0 aromatic carbocycles. The minimum absolute atomic E-state index is 0.270. The monoisotopic (exact) mass is 165 g/mol. The van der Waals surface area contributed by atoms with E-state index < -0.39 is 5.91 Å². The minimum Gasteiger partial charge on any atom is -0.366 e. The Labute approximate surface area is 70.6 Å². The fourth-order valence-corrected chi connectivity index (χ4v) is 0.989. The number of nitrogens with two attached hydrogens (primary N) is 2. The molecule has 0 aliphatic carbocycles. The third-order valence-electron chi connectivity index (χ3n) is 1.54. The van der Waals surface area contributed by atoms with Crippen LogP contribution in [-0.4, -0.2) is 10.9 Å². The number of nitrogens with zero attached hydrogens (tertiary/aromatic N) is 1. The number of carbonyl (C=O) groups is 1. The zero-order valence-electron chi connectivity index (χ0n) is 6.82. The molecule has 1 amide bonds. The van der Waals surface area contributed by atoms with Crippen molar-refractivity contribution in [2.75, 3.05) is 0 Å². The van der Waals surface area contributed by atoms with E-state index in [1.807, 2.05) is 0 Å². The number of hydrogen-bond donors (Lipinski definition) is 2. The van der Waals surface area contributed by atoms with Crippen molar-refractivity contribution in [3.8, 4) is 0 Å². The van der Waals surface area contributed by atoms with Crippen LogP contribution in [0.15, 0.2) is 18.3 Å². The maximum absolute atomic E-state index is 10.9. The van der Waals surface area contributed by atoms with Crippen molar-refractivity contribution in [3.63, 3.8) is 0 Å². The van der Waals surface area contributed by atoms with Gasteiger partial charge in [0.1, 0.15) is 0 Å². The fourth-order valence-electron chi connectivity index (χ4n) is 0.989. The predicted molar refractivity (Wildman–Crippen MR) is 45.4 cm³/mol. The molecule has 64 valence electrons. The van der Waals surface area contributed by atoms with Gasteiger partial charge < -0.3 is 11.5 Å². The summed E-state index contributed by atoms with van der Waals surface area (Å²) in [7, 11) is 0. The first-order chi connectivity index (χ1) is 5.63. The van der Waals surface area contributed by atoms with E-state index in [0.717, 1.165) is 0 Å². The topological polar surface area (TPSA) is 82.0 Å². The van der Waals surface area contributed by atoms with E-state index in [0.29, 0.717) is 11.3 Å². The summed E-state index contributed by atoms with van der Waals surface area (Å²) in [6.45, 7) is 1.76. The number of carbonyl (C=O) groups excluding carboxylic acids is 1. The third-order valence-corrected chi connectivity index (χ3v) is 1.54. The Hall–Kier alpha value is -1.42. The summed E-state index contributed by atoms with van der Waals surface area (Å²) in [5, 5.41) is 0. The molecule has 1 rings (SSSR count). The van der Waals surface area contributed by atoms with E-state index in [1.54, 1.807) is 25.3 Å². The lowest BCUT2D eigenvalue weighted by molar-refractivity contribution is 0.0998. The van der Waals surface area contributed by atoms with Crippen LogP contribution in [-0.2, 0) is 0 Å². The van der Waals surface area contributed by atoms with Crippen molar-refractivity contribution >= 4 is 5.91 Å². The number of rotatable bonds is 2. The summed E-state index contributed by atoms with van der Waals surface area (Å²) in [6, 6.07) is 3.01. The molecule has 1 aromatic rings. The Kier molecular flexibility index (Phi) is 2.40. The van der Waals surface area contributed by atoms with Gasteiger partial charge in [-0.1, -0.05) is 0 Å². The molecule has 0 aliphatic rings. The van der Waals surface area contributed by atoms with E-state index in [9.17, 15) is 4.79 Å². The number of pyridine rings is 1. The maximum Gasteiger partial charge on any atom is 0.250 e. The molecule has 4 nitrogen and oxygen atoms in total. The molecule has 1 heterocycles. The average molecular weight is 165 g/mol. The van der Waals surface area contributed by atoms with E-state index in [-0.39, 0.29) is 6.04 Å².